The number of benzene rings is 1. The third-order valence-electron chi connectivity index (χ3n) is 3.55. The van der Waals surface area contributed by atoms with Gasteiger partial charge in [-0.3, -0.25) is 0 Å². The second-order valence-electron chi connectivity index (χ2n) is 5.14. The number of alkyl halides is 3. The van der Waals surface area contributed by atoms with E-state index in [1.807, 2.05) is 0 Å². The summed E-state index contributed by atoms with van der Waals surface area (Å²) >= 11 is 0. The fraction of sp³-hybridized carbons (Fsp3) is 0.462. The fourth-order valence-corrected chi connectivity index (χ4v) is 3.18. The summed E-state index contributed by atoms with van der Waals surface area (Å²) in [6.45, 7) is 0.179. The van der Waals surface area contributed by atoms with Gasteiger partial charge in [-0.1, -0.05) is 0 Å². The van der Waals surface area contributed by atoms with Crippen LogP contribution in [0.4, 0.5) is 18.9 Å². The summed E-state index contributed by atoms with van der Waals surface area (Å²) in [4.78, 5) is 11.9. The van der Waals surface area contributed by atoms with E-state index >= 15 is 0 Å². The van der Waals surface area contributed by atoms with Gasteiger partial charge in [0, 0.05) is 18.5 Å². The minimum atomic E-state index is -4.78. The molecule has 0 saturated carbocycles. The number of hydrogen-bond acceptors (Lipinski definition) is 4. The number of sulfone groups is 1. The van der Waals surface area contributed by atoms with Crippen LogP contribution in [0.25, 0.3) is 0 Å². The van der Waals surface area contributed by atoms with Gasteiger partial charge in [-0.15, -0.1) is 0 Å². The Hall–Kier alpha value is -1.77. The normalized spacial score (nSPS) is 19.5. The summed E-state index contributed by atoms with van der Waals surface area (Å²) in [7, 11) is -3.79. The Morgan fingerprint density at radius 2 is 2.00 bits per heavy atom. The molecule has 1 N–H and O–H groups in total. The van der Waals surface area contributed by atoms with Gasteiger partial charge in [0.1, 0.15) is 6.04 Å². The standard InChI is InChI=1S/C13H14F3NO4S/c1-22(20,21)8-4-5-10(9(7-8)13(14,15)16)17-6-2-3-11(17)12(18)19/h4-5,7,11H,2-3,6H2,1H3,(H,18,19). The molecule has 0 aliphatic carbocycles. The Kier molecular flexibility index (Phi) is 4.12. The maximum absolute atomic E-state index is 13.2. The molecule has 1 atom stereocenters. The lowest BCUT2D eigenvalue weighted by molar-refractivity contribution is -0.140. The molecule has 0 spiro atoms. The predicted molar refractivity (Wildman–Crippen MR) is 72.6 cm³/mol. The predicted octanol–water partition coefficient (Wildman–Crippen LogP) is 2.16. The first-order valence-corrected chi connectivity index (χ1v) is 8.31. The number of halogens is 3. The van der Waals surface area contributed by atoms with Gasteiger partial charge in [-0.2, -0.15) is 13.2 Å². The van der Waals surface area contributed by atoms with Gasteiger partial charge in [0.2, 0.25) is 0 Å². The molecule has 0 bridgehead atoms. The molecular weight excluding hydrogens is 323 g/mol. The molecule has 1 unspecified atom stereocenters. The van der Waals surface area contributed by atoms with Crippen LogP contribution in [0.15, 0.2) is 23.1 Å². The van der Waals surface area contributed by atoms with Crippen LogP contribution in [0.5, 0.6) is 0 Å². The highest BCUT2D eigenvalue weighted by Crippen LogP contribution is 2.40. The molecule has 1 heterocycles. The summed E-state index contributed by atoms with van der Waals surface area (Å²) in [6.07, 6.45) is -3.25. The number of carbonyl (C=O) groups is 1. The van der Waals surface area contributed by atoms with Crippen molar-refractivity contribution in [3.8, 4) is 0 Å². The Balaban J connectivity index is 2.59. The molecule has 122 valence electrons. The third-order valence-corrected chi connectivity index (χ3v) is 4.66. The molecule has 1 aliphatic rings. The quantitative estimate of drug-likeness (QED) is 0.915. The lowest BCUT2D eigenvalue weighted by atomic mass is 10.1. The average molecular weight is 337 g/mol. The largest absolute Gasteiger partial charge is 0.480 e. The van der Waals surface area contributed by atoms with Crippen molar-refractivity contribution < 1.29 is 31.5 Å². The highest BCUT2D eigenvalue weighted by Gasteiger charge is 2.39. The van der Waals surface area contributed by atoms with E-state index in [0.29, 0.717) is 12.5 Å². The van der Waals surface area contributed by atoms with Gasteiger partial charge in [0.05, 0.1) is 10.5 Å². The second kappa shape index (κ2) is 5.45. The van der Waals surface area contributed by atoms with Gasteiger partial charge in [0.25, 0.3) is 0 Å². The molecule has 1 aromatic carbocycles. The molecule has 2 rings (SSSR count). The van der Waals surface area contributed by atoms with Crippen molar-refractivity contribution in [1.29, 1.82) is 0 Å². The molecule has 1 fully saturated rings. The van der Waals surface area contributed by atoms with E-state index in [0.717, 1.165) is 23.3 Å². The average Bonchev–Trinajstić information content (AvgIpc) is 2.85. The first kappa shape index (κ1) is 16.6. The minimum Gasteiger partial charge on any atom is -0.480 e. The number of anilines is 1. The van der Waals surface area contributed by atoms with Gasteiger partial charge < -0.3 is 10.0 Å². The number of hydrogen-bond donors (Lipinski definition) is 1. The molecule has 1 aliphatic heterocycles. The van der Waals surface area contributed by atoms with Crippen LogP contribution in [0.2, 0.25) is 0 Å². The highest BCUT2D eigenvalue weighted by atomic mass is 32.2. The summed E-state index contributed by atoms with van der Waals surface area (Å²) < 4.78 is 62.6. The lowest BCUT2D eigenvalue weighted by Gasteiger charge is -2.27. The number of carboxylic acid groups (broad SMARTS) is 1. The Morgan fingerprint density at radius 3 is 2.50 bits per heavy atom. The third kappa shape index (κ3) is 3.18. The van der Waals surface area contributed by atoms with Crippen LogP contribution in [0.3, 0.4) is 0 Å². The summed E-state index contributed by atoms with van der Waals surface area (Å²) in [5.41, 5.74) is -1.44. The SMILES string of the molecule is CS(=O)(=O)c1ccc(N2CCCC2C(=O)O)c(C(F)(F)F)c1. The van der Waals surface area contributed by atoms with Crippen LogP contribution >= 0.6 is 0 Å². The van der Waals surface area contributed by atoms with Gasteiger partial charge >= 0.3 is 12.1 Å². The number of carboxylic acids is 1. The smallest absolute Gasteiger partial charge is 0.418 e. The number of nitrogens with zero attached hydrogens (tertiary/aromatic N) is 1. The van der Waals surface area contributed by atoms with Crippen molar-refractivity contribution >= 4 is 21.5 Å². The summed E-state index contributed by atoms with van der Waals surface area (Å²) in [6, 6.07) is 1.62. The van der Waals surface area contributed by atoms with E-state index in [9.17, 15) is 26.4 Å². The van der Waals surface area contributed by atoms with Crippen LogP contribution in [0, 0.1) is 0 Å². The van der Waals surface area contributed by atoms with Crippen LogP contribution in [0.1, 0.15) is 18.4 Å². The van der Waals surface area contributed by atoms with Crippen molar-refractivity contribution in [2.24, 2.45) is 0 Å². The Labute approximate surface area is 125 Å². The van der Waals surface area contributed by atoms with E-state index in [2.05, 4.69) is 0 Å². The number of aliphatic carboxylic acids is 1. The Bertz CT molecular complexity index is 700. The zero-order valence-electron chi connectivity index (χ0n) is 11.6. The van der Waals surface area contributed by atoms with Gasteiger partial charge in [0.15, 0.2) is 9.84 Å². The van der Waals surface area contributed by atoms with E-state index in [-0.39, 0.29) is 18.7 Å². The van der Waals surface area contributed by atoms with E-state index in [1.165, 1.54) is 0 Å². The fourth-order valence-electron chi connectivity index (χ4n) is 2.54. The van der Waals surface area contributed by atoms with Gasteiger partial charge in [-0.05, 0) is 31.0 Å². The van der Waals surface area contributed by atoms with E-state index < -0.39 is 38.5 Å². The molecule has 22 heavy (non-hydrogen) atoms. The van der Waals surface area contributed by atoms with Crippen LogP contribution < -0.4 is 4.90 Å². The molecule has 9 heteroatoms. The van der Waals surface area contributed by atoms with Crippen molar-refractivity contribution in [3.63, 3.8) is 0 Å². The lowest BCUT2D eigenvalue weighted by Crippen LogP contribution is -2.37. The topological polar surface area (TPSA) is 74.7 Å². The Morgan fingerprint density at radius 1 is 1.36 bits per heavy atom. The first-order valence-electron chi connectivity index (χ1n) is 6.42. The van der Waals surface area contributed by atoms with E-state index in [1.54, 1.807) is 0 Å². The molecule has 0 radical (unpaired) electrons. The monoisotopic (exact) mass is 337 g/mol. The van der Waals surface area contributed by atoms with Gasteiger partial charge in [-0.25, -0.2) is 13.2 Å². The molecule has 1 saturated heterocycles. The first-order chi connectivity index (χ1) is 10.0. The van der Waals surface area contributed by atoms with Crippen LogP contribution in [-0.4, -0.2) is 38.3 Å². The van der Waals surface area contributed by atoms with Crippen molar-refractivity contribution in [3.05, 3.63) is 23.8 Å². The molecular formula is C13H14F3NO4S. The zero-order chi connectivity index (χ0) is 16.7. The second-order valence-corrected chi connectivity index (χ2v) is 7.15. The van der Waals surface area contributed by atoms with Crippen molar-refractivity contribution in [2.45, 2.75) is 30.0 Å². The molecule has 1 aromatic rings. The highest BCUT2D eigenvalue weighted by molar-refractivity contribution is 7.90. The van der Waals surface area contributed by atoms with Crippen molar-refractivity contribution in [1.82, 2.24) is 0 Å². The maximum atomic E-state index is 13.2. The summed E-state index contributed by atoms with van der Waals surface area (Å²) in [5.74, 6) is -1.20. The number of rotatable bonds is 3. The molecule has 0 amide bonds. The molecule has 5 nitrogen and oxygen atoms in total. The van der Waals surface area contributed by atoms with E-state index in [4.69, 9.17) is 5.11 Å². The zero-order valence-corrected chi connectivity index (χ0v) is 12.4. The summed E-state index contributed by atoms with van der Waals surface area (Å²) in [5, 5.41) is 9.10. The minimum absolute atomic E-state index is 0.179. The van der Waals surface area contributed by atoms with Crippen LogP contribution in [-0.2, 0) is 20.8 Å². The van der Waals surface area contributed by atoms with Crippen molar-refractivity contribution in [2.75, 3.05) is 17.7 Å². The maximum Gasteiger partial charge on any atom is 0.418 e. The molecule has 0 aromatic heterocycles.